The van der Waals surface area contributed by atoms with Gasteiger partial charge in [0.2, 0.25) is 0 Å². The number of pyridine rings is 1. The minimum Gasteiger partial charge on any atom is -0.299 e. The Balaban J connectivity index is 2.28. The van der Waals surface area contributed by atoms with E-state index < -0.39 is 0 Å². The SMILES string of the molecule is Cc1ccc2c3c(nn2c1)CCC(=O)C3. The van der Waals surface area contributed by atoms with E-state index in [1.807, 2.05) is 17.6 Å². The highest BCUT2D eigenvalue weighted by molar-refractivity contribution is 5.85. The Morgan fingerprint density at radius 3 is 3.07 bits per heavy atom. The van der Waals surface area contributed by atoms with Crippen LogP contribution in [0.1, 0.15) is 23.2 Å². The topological polar surface area (TPSA) is 34.4 Å². The number of ketones is 1. The third kappa shape index (κ3) is 1.27. The molecule has 0 N–H and O–H groups in total. The number of Topliss-reactive ketones (excluding diaryl/α,β-unsaturated/α-hetero) is 1. The summed E-state index contributed by atoms with van der Waals surface area (Å²) >= 11 is 0. The first-order valence-corrected chi connectivity index (χ1v) is 5.22. The molecule has 0 fully saturated rings. The van der Waals surface area contributed by atoms with Gasteiger partial charge in [0.25, 0.3) is 0 Å². The van der Waals surface area contributed by atoms with Gasteiger partial charge < -0.3 is 0 Å². The molecule has 76 valence electrons. The number of carbonyl (C=O) groups excluding carboxylic acids is 1. The van der Waals surface area contributed by atoms with E-state index in [0.29, 0.717) is 18.6 Å². The average molecular weight is 200 g/mol. The van der Waals surface area contributed by atoms with Crippen LogP contribution in [-0.4, -0.2) is 15.4 Å². The highest BCUT2D eigenvalue weighted by Gasteiger charge is 2.20. The van der Waals surface area contributed by atoms with Gasteiger partial charge in [-0.2, -0.15) is 5.10 Å². The van der Waals surface area contributed by atoms with E-state index in [2.05, 4.69) is 17.2 Å². The second kappa shape index (κ2) is 2.92. The van der Waals surface area contributed by atoms with Gasteiger partial charge in [0.1, 0.15) is 5.78 Å². The number of rotatable bonds is 0. The fourth-order valence-electron chi connectivity index (χ4n) is 2.19. The number of aryl methyl sites for hydroxylation is 2. The van der Waals surface area contributed by atoms with Gasteiger partial charge in [-0.1, -0.05) is 6.07 Å². The van der Waals surface area contributed by atoms with Crippen LogP contribution in [0.3, 0.4) is 0 Å². The fraction of sp³-hybridized carbons (Fsp3) is 0.333. The number of fused-ring (bicyclic) bond motifs is 3. The van der Waals surface area contributed by atoms with E-state index in [-0.39, 0.29) is 0 Å². The zero-order valence-electron chi connectivity index (χ0n) is 8.66. The van der Waals surface area contributed by atoms with Crippen LogP contribution in [0.5, 0.6) is 0 Å². The summed E-state index contributed by atoms with van der Waals surface area (Å²) in [6, 6.07) is 4.12. The molecule has 0 amide bonds. The molecule has 1 aliphatic rings. The fourth-order valence-corrected chi connectivity index (χ4v) is 2.19. The summed E-state index contributed by atoms with van der Waals surface area (Å²) in [5, 5.41) is 4.51. The molecule has 0 atom stereocenters. The molecule has 2 aromatic rings. The number of nitrogens with zero attached hydrogens (tertiary/aromatic N) is 2. The Hall–Kier alpha value is -1.64. The Morgan fingerprint density at radius 2 is 2.20 bits per heavy atom. The van der Waals surface area contributed by atoms with Crippen molar-refractivity contribution >= 4 is 11.3 Å². The van der Waals surface area contributed by atoms with Crippen molar-refractivity contribution in [2.24, 2.45) is 0 Å². The van der Waals surface area contributed by atoms with Crippen molar-refractivity contribution in [1.82, 2.24) is 9.61 Å². The quantitative estimate of drug-likeness (QED) is 0.648. The third-order valence-corrected chi connectivity index (χ3v) is 2.98. The second-order valence-electron chi connectivity index (χ2n) is 4.18. The molecule has 0 bridgehead atoms. The van der Waals surface area contributed by atoms with E-state index >= 15 is 0 Å². The van der Waals surface area contributed by atoms with Crippen molar-refractivity contribution in [2.75, 3.05) is 0 Å². The maximum absolute atomic E-state index is 11.4. The van der Waals surface area contributed by atoms with Gasteiger partial charge in [-0.15, -0.1) is 0 Å². The molecule has 0 saturated heterocycles. The number of hydrogen-bond acceptors (Lipinski definition) is 2. The minimum absolute atomic E-state index is 0.331. The molecule has 3 rings (SSSR count). The molecule has 0 radical (unpaired) electrons. The van der Waals surface area contributed by atoms with Crippen molar-refractivity contribution in [1.29, 1.82) is 0 Å². The van der Waals surface area contributed by atoms with Crippen molar-refractivity contribution in [3.05, 3.63) is 35.2 Å². The first-order chi connectivity index (χ1) is 7.24. The van der Waals surface area contributed by atoms with Crippen LogP contribution in [-0.2, 0) is 17.6 Å². The Bertz CT molecular complexity index is 554. The predicted octanol–water partition coefficient (Wildman–Crippen LogP) is 1.70. The summed E-state index contributed by atoms with van der Waals surface area (Å²) < 4.78 is 1.90. The first kappa shape index (κ1) is 8.65. The van der Waals surface area contributed by atoms with Crippen molar-refractivity contribution in [3.63, 3.8) is 0 Å². The first-order valence-electron chi connectivity index (χ1n) is 5.22. The second-order valence-corrected chi connectivity index (χ2v) is 4.18. The summed E-state index contributed by atoms with van der Waals surface area (Å²) in [5.41, 5.74) is 4.50. The van der Waals surface area contributed by atoms with Gasteiger partial charge in [0.05, 0.1) is 11.2 Å². The molecule has 3 nitrogen and oxygen atoms in total. The molecule has 2 aromatic heterocycles. The molecule has 3 heteroatoms. The molecular weight excluding hydrogens is 188 g/mol. The van der Waals surface area contributed by atoms with Crippen LogP contribution in [0, 0.1) is 6.92 Å². The van der Waals surface area contributed by atoms with Gasteiger partial charge in [-0.05, 0) is 25.0 Å². The van der Waals surface area contributed by atoms with Crippen molar-refractivity contribution in [3.8, 4) is 0 Å². The minimum atomic E-state index is 0.331. The molecular formula is C12H12N2O. The van der Waals surface area contributed by atoms with Gasteiger partial charge in [0.15, 0.2) is 0 Å². The van der Waals surface area contributed by atoms with E-state index in [1.54, 1.807) is 0 Å². The van der Waals surface area contributed by atoms with Gasteiger partial charge in [0, 0.05) is 24.6 Å². The predicted molar refractivity (Wildman–Crippen MR) is 57.0 cm³/mol. The summed E-state index contributed by atoms with van der Waals surface area (Å²) in [4.78, 5) is 11.4. The standard InChI is InChI=1S/C12H12N2O/c1-8-2-5-12-10-6-9(15)3-4-11(10)13-14(12)7-8/h2,5,7H,3-4,6H2,1H3. The van der Waals surface area contributed by atoms with Crippen molar-refractivity contribution in [2.45, 2.75) is 26.2 Å². The van der Waals surface area contributed by atoms with Crippen LogP contribution in [0.15, 0.2) is 18.3 Å². The molecule has 0 spiro atoms. The van der Waals surface area contributed by atoms with E-state index in [0.717, 1.165) is 23.2 Å². The highest BCUT2D eigenvalue weighted by atomic mass is 16.1. The van der Waals surface area contributed by atoms with Crippen LogP contribution in [0.2, 0.25) is 0 Å². The molecule has 0 aliphatic heterocycles. The monoisotopic (exact) mass is 200 g/mol. The van der Waals surface area contributed by atoms with E-state index in [9.17, 15) is 4.79 Å². The zero-order chi connectivity index (χ0) is 10.4. The maximum Gasteiger partial charge on any atom is 0.137 e. The molecule has 2 heterocycles. The zero-order valence-corrected chi connectivity index (χ0v) is 8.66. The number of hydrogen-bond donors (Lipinski definition) is 0. The van der Waals surface area contributed by atoms with Crippen LogP contribution < -0.4 is 0 Å². The average Bonchev–Trinajstić information content (AvgIpc) is 2.54. The normalized spacial score (nSPS) is 15.7. The van der Waals surface area contributed by atoms with Crippen molar-refractivity contribution < 1.29 is 4.79 Å². The lowest BCUT2D eigenvalue weighted by Gasteiger charge is -2.07. The third-order valence-electron chi connectivity index (χ3n) is 2.98. The summed E-state index contributed by atoms with van der Waals surface area (Å²) in [6.07, 6.45) is 4.02. The van der Waals surface area contributed by atoms with Crippen LogP contribution in [0.4, 0.5) is 0 Å². The number of carbonyl (C=O) groups is 1. The van der Waals surface area contributed by atoms with Gasteiger partial charge in [-0.3, -0.25) is 4.79 Å². The lowest BCUT2D eigenvalue weighted by molar-refractivity contribution is -0.118. The van der Waals surface area contributed by atoms with Gasteiger partial charge in [-0.25, -0.2) is 4.52 Å². The summed E-state index contributed by atoms with van der Waals surface area (Å²) in [5.74, 6) is 0.331. The molecule has 0 aromatic carbocycles. The Kier molecular flexibility index (Phi) is 1.69. The maximum atomic E-state index is 11.4. The Morgan fingerprint density at radius 1 is 1.33 bits per heavy atom. The smallest absolute Gasteiger partial charge is 0.137 e. The lowest BCUT2D eigenvalue weighted by atomic mass is 9.95. The summed E-state index contributed by atoms with van der Waals surface area (Å²) in [7, 11) is 0. The molecule has 1 aliphatic carbocycles. The molecule has 0 unspecified atom stereocenters. The molecule has 0 saturated carbocycles. The lowest BCUT2D eigenvalue weighted by Crippen LogP contribution is -2.11. The largest absolute Gasteiger partial charge is 0.299 e. The Labute approximate surface area is 87.7 Å². The van der Waals surface area contributed by atoms with E-state index in [1.165, 1.54) is 5.56 Å². The number of aromatic nitrogens is 2. The molecule has 15 heavy (non-hydrogen) atoms. The highest BCUT2D eigenvalue weighted by Crippen LogP contribution is 2.23. The van der Waals surface area contributed by atoms with E-state index in [4.69, 9.17) is 0 Å². The van der Waals surface area contributed by atoms with Crippen LogP contribution >= 0.6 is 0 Å². The van der Waals surface area contributed by atoms with Gasteiger partial charge >= 0.3 is 0 Å². The van der Waals surface area contributed by atoms with Crippen LogP contribution in [0.25, 0.3) is 5.52 Å². The summed E-state index contributed by atoms with van der Waals surface area (Å²) in [6.45, 7) is 2.05.